The number of fused-ring (bicyclic) bond motifs is 6. The Hall–Kier alpha value is -5.28. The highest BCUT2D eigenvalue weighted by Crippen LogP contribution is 2.40. The van der Waals surface area contributed by atoms with Crippen molar-refractivity contribution in [3.05, 3.63) is 146 Å². The van der Waals surface area contributed by atoms with Gasteiger partial charge in [-0.05, 0) is 66.7 Å². The fourth-order valence-corrected chi connectivity index (χ4v) is 5.94. The first kappa shape index (κ1) is 21.8. The molecule has 2 heterocycles. The molecule has 8 rings (SSSR count). The molecule has 0 atom stereocenters. The molecule has 2 aromatic heterocycles. The second kappa shape index (κ2) is 8.64. The van der Waals surface area contributed by atoms with Gasteiger partial charge in [0, 0.05) is 27.2 Å². The number of aromatic nitrogens is 2. The number of hydrogen-bond acceptors (Lipinski definition) is 1. The van der Waals surface area contributed by atoms with Gasteiger partial charge in [0.1, 0.15) is 11.5 Å². The van der Waals surface area contributed by atoms with Crippen LogP contribution >= 0.6 is 0 Å². The lowest BCUT2D eigenvalue weighted by Gasteiger charge is -2.12. The molecule has 6 aromatic carbocycles. The zero-order valence-electron chi connectivity index (χ0n) is 21.2. The Bertz CT molecular complexity index is 2140. The number of hydrogen-bond donors (Lipinski definition) is 0. The van der Waals surface area contributed by atoms with Gasteiger partial charge in [-0.3, -0.25) is 0 Å². The monoisotopic (exact) mass is 500 g/mol. The van der Waals surface area contributed by atoms with Gasteiger partial charge in [-0.2, -0.15) is 0 Å². The molecule has 0 fully saturated rings. The molecule has 3 nitrogen and oxygen atoms in total. The van der Waals surface area contributed by atoms with Crippen LogP contribution in [-0.2, 0) is 0 Å². The van der Waals surface area contributed by atoms with E-state index in [1.807, 2.05) is 30.3 Å². The van der Waals surface area contributed by atoms with E-state index in [4.69, 9.17) is 4.74 Å². The lowest BCUT2D eigenvalue weighted by atomic mass is 10.1. The van der Waals surface area contributed by atoms with E-state index in [0.29, 0.717) is 0 Å². The van der Waals surface area contributed by atoms with Crippen LogP contribution in [0.5, 0.6) is 11.5 Å². The highest BCUT2D eigenvalue weighted by Gasteiger charge is 2.19. The molecule has 0 saturated carbocycles. The van der Waals surface area contributed by atoms with Crippen molar-refractivity contribution in [2.45, 2.75) is 0 Å². The molecule has 0 saturated heterocycles. The molecule has 8 aromatic rings. The Morgan fingerprint density at radius 1 is 0.385 bits per heavy atom. The van der Waals surface area contributed by atoms with Crippen molar-refractivity contribution in [3.63, 3.8) is 0 Å². The molecule has 0 radical (unpaired) electrons. The SMILES string of the molecule is c1ccc(Oc2ccc3c(c2)c2ccccc2n3-c2cccc3c2c2ccccc2n3-c2ccccc2)cc1. The third-order valence-electron chi connectivity index (χ3n) is 7.55. The van der Waals surface area contributed by atoms with E-state index in [1.165, 1.54) is 43.8 Å². The molecule has 184 valence electrons. The summed E-state index contributed by atoms with van der Waals surface area (Å²) in [4.78, 5) is 0. The molecule has 39 heavy (non-hydrogen) atoms. The molecule has 0 amide bonds. The van der Waals surface area contributed by atoms with Gasteiger partial charge in [0.15, 0.2) is 0 Å². The summed E-state index contributed by atoms with van der Waals surface area (Å²) < 4.78 is 11.0. The molecule has 0 N–H and O–H groups in total. The van der Waals surface area contributed by atoms with Gasteiger partial charge in [0.05, 0.1) is 27.8 Å². The summed E-state index contributed by atoms with van der Waals surface area (Å²) in [5.74, 6) is 1.66. The van der Waals surface area contributed by atoms with Gasteiger partial charge in [-0.15, -0.1) is 0 Å². The molecule has 0 bridgehead atoms. The van der Waals surface area contributed by atoms with Gasteiger partial charge in [-0.25, -0.2) is 0 Å². The minimum Gasteiger partial charge on any atom is -0.457 e. The van der Waals surface area contributed by atoms with Crippen LogP contribution < -0.4 is 4.74 Å². The molecule has 0 spiro atoms. The van der Waals surface area contributed by atoms with E-state index in [0.717, 1.165) is 22.7 Å². The Balaban J connectivity index is 1.43. The van der Waals surface area contributed by atoms with Crippen molar-refractivity contribution in [2.24, 2.45) is 0 Å². The molecular weight excluding hydrogens is 476 g/mol. The second-order valence-electron chi connectivity index (χ2n) is 9.81. The Morgan fingerprint density at radius 2 is 1.00 bits per heavy atom. The minimum absolute atomic E-state index is 0.829. The topological polar surface area (TPSA) is 19.1 Å². The number of para-hydroxylation sites is 4. The van der Waals surface area contributed by atoms with Crippen molar-refractivity contribution in [1.29, 1.82) is 0 Å². The standard InChI is InChI=1S/C36H24N2O/c1-3-12-25(13-4-1)37-32-19-10-8-17-29(32)36-34(37)20-11-21-35(36)38-31-18-9-7-16-28(31)30-24-27(22-23-33(30)38)39-26-14-5-2-6-15-26/h1-24H. The normalized spacial score (nSPS) is 11.6. The van der Waals surface area contributed by atoms with Crippen LogP contribution in [0.15, 0.2) is 146 Å². The third-order valence-corrected chi connectivity index (χ3v) is 7.55. The third kappa shape index (κ3) is 3.37. The van der Waals surface area contributed by atoms with Crippen LogP contribution in [0.1, 0.15) is 0 Å². The van der Waals surface area contributed by atoms with Crippen LogP contribution in [-0.4, -0.2) is 9.13 Å². The highest BCUT2D eigenvalue weighted by molar-refractivity contribution is 6.16. The predicted octanol–water partition coefficient (Wildman–Crippen LogP) is 9.67. The maximum Gasteiger partial charge on any atom is 0.128 e. The molecule has 0 aliphatic heterocycles. The summed E-state index contributed by atoms with van der Waals surface area (Å²) in [5, 5.41) is 4.85. The summed E-state index contributed by atoms with van der Waals surface area (Å²) in [5.41, 5.74) is 7.04. The molecular formula is C36H24N2O. The number of rotatable bonds is 4. The zero-order chi connectivity index (χ0) is 25.8. The summed E-state index contributed by atoms with van der Waals surface area (Å²) in [6.07, 6.45) is 0. The van der Waals surface area contributed by atoms with E-state index in [2.05, 4.69) is 124 Å². The average Bonchev–Trinajstić information content (AvgIpc) is 3.51. The molecule has 0 aliphatic carbocycles. The van der Waals surface area contributed by atoms with Gasteiger partial charge >= 0.3 is 0 Å². The van der Waals surface area contributed by atoms with Gasteiger partial charge in [0.2, 0.25) is 0 Å². The molecule has 0 aliphatic rings. The van der Waals surface area contributed by atoms with Crippen molar-refractivity contribution in [2.75, 3.05) is 0 Å². The first-order chi connectivity index (χ1) is 19.4. The lowest BCUT2D eigenvalue weighted by molar-refractivity contribution is 0.483. The van der Waals surface area contributed by atoms with E-state index in [1.54, 1.807) is 0 Å². The van der Waals surface area contributed by atoms with Crippen LogP contribution in [0.4, 0.5) is 0 Å². The molecule has 0 unspecified atom stereocenters. The zero-order valence-corrected chi connectivity index (χ0v) is 21.2. The van der Waals surface area contributed by atoms with E-state index < -0.39 is 0 Å². The summed E-state index contributed by atoms with van der Waals surface area (Å²) in [6.45, 7) is 0. The lowest BCUT2D eigenvalue weighted by Crippen LogP contribution is -1.96. The van der Waals surface area contributed by atoms with Gasteiger partial charge in [0.25, 0.3) is 0 Å². The average molecular weight is 501 g/mol. The van der Waals surface area contributed by atoms with Crippen LogP contribution in [0.2, 0.25) is 0 Å². The smallest absolute Gasteiger partial charge is 0.128 e. The number of benzene rings is 6. The fourth-order valence-electron chi connectivity index (χ4n) is 5.94. The predicted molar refractivity (Wildman–Crippen MR) is 162 cm³/mol. The summed E-state index contributed by atoms with van der Waals surface area (Å²) >= 11 is 0. The van der Waals surface area contributed by atoms with Crippen molar-refractivity contribution in [3.8, 4) is 22.9 Å². The quantitative estimate of drug-likeness (QED) is 0.235. The second-order valence-corrected chi connectivity index (χ2v) is 9.81. The van der Waals surface area contributed by atoms with Gasteiger partial charge in [-0.1, -0.05) is 78.9 Å². The van der Waals surface area contributed by atoms with Crippen molar-refractivity contribution < 1.29 is 4.74 Å². The van der Waals surface area contributed by atoms with E-state index in [9.17, 15) is 0 Å². The van der Waals surface area contributed by atoms with Crippen LogP contribution in [0.25, 0.3) is 55.0 Å². The maximum absolute atomic E-state index is 6.22. The summed E-state index contributed by atoms with van der Waals surface area (Å²) in [7, 11) is 0. The first-order valence-corrected chi connectivity index (χ1v) is 13.2. The number of nitrogens with zero attached hydrogens (tertiary/aromatic N) is 2. The Morgan fingerprint density at radius 3 is 1.79 bits per heavy atom. The van der Waals surface area contributed by atoms with Crippen molar-refractivity contribution >= 4 is 43.6 Å². The van der Waals surface area contributed by atoms with Crippen molar-refractivity contribution in [1.82, 2.24) is 9.13 Å². The summed E-state index contributed by atoms with van der Waals surface area (Å²) in [6, 6.07) is 51.0. The number of ether oxygens (including phenoxy) is 1. The first-order valence-electron chi connectivity index (χ1n) is 13.2. The largest absolute Gasteiger partial charge is 0.457 e. The van der Waals surface area contributed by atoms with Gasteiger partial charge < -0.3 is 13.9 Å². The van der Waals surface area contributed by atoms with E-state index >= 15 is 0 Å². The Labute approximate surface area is 225 Å². The van der Waals surface area contributed by atoms with Crippen LogP contribution in [0, 0.1) is 0 Å². The molecule has 3 heteroatoms. The Kier molecular flexibility index (Phi) is 4.82. The van der Waals surface area contributed by atoms with E-state index in [-0.39, 0.29) is 0 Å². The fraction of sp³-hybridized carbons (Fsp3) is 0. The van der Waals surface area contributed by atoms with Crippen LogP contribution in [0.3, 0.4) is 0 Å². The highest BCUT2D eigenvalue weighted by atomic mass is 16.5. The minimum atomic E-state index is 0.829. The maximum atomic E-state index is 6.22.